The molecule has 0 saturated heterocycles. The lowest BCUT2D eigenvalue weighted by atomic mass is 10.2. The molecule has 0 radical (unpaired) electrons. The van der Waals surface area contributed by atoms with Crippen LogP contribution in [0.25, 0.3) is 0 Å². The highest BCUT2D eigenvalue weighted by atomic mass is 35.5. The molecule has 0 aliphatic rings. The van der Waals surface area contributed by atoms with Crippen molar-refractivity contribution >= 4 is 40.8 Å². The second kappa shape index (κ2) is 5.39. The molecule has 0 bridgehead atoms. The molecule has 1 aromatic carbocycles. The summed E-state index contributed by atoms with van der Waals surface area (Å²) in [6.45, 7) is 0. The number of hydrogen-bond acceptors (Lipinski definition) is 2. The summed E-state index contributed by atoms with van der Waals surface area (Å²) in [7, 11) is 0. The molecular weight excluding hydrogens is 263 g/mol. The summed E-state index contributed by atoms with van der Waals surface area (Å²) in [5.74, 6) is -0.412. The molecule has 0 spiro atoms. The number of nitrogens with zero attached hydrogens (tertiary/aromatic N) is 3. The molecule has 17 heavy (non-hydrogen) atoms. The summed E-state index contributed by atoms with van der Waals surface area (Å²) >= 11 is 11.6. The molecule has 0 fully saturated rings. The molecule has 6 N–H and O–H groups in total. The van der Waals surface area contributed by atoms with Gasteiger partial charge in [0.15, 0.2) is 5.96 Å². The standard InChI is InChI=1S/C9H8Cl2N6/c10-5-1-2-6(4(3-12)7(5)11)16-9(15)17-8(13)14/h1-2H,(H6,13,14,15,16,17). The maximum Gasteiger partial charge on any atom is 0.223 e. The third-order valence-corrected chi connectivity index (χ3v) is 2.47. The Morgan fingerprint density at radius 2 is 1.88 bits per heavy atom. The topological polar surface area (TPSA) is 127 Å². The van der Waals surface area contributed by atoms with Crippen LogP contribution in [0.5, 0.6) is 0 Å². The molecule has 6 nitrogen and oxygen atoms in total. The van der Waals surface area contributed by atoms with E-state index >= 15 is 0 Å². The Kier molecular flexibility index (Phi) is 4.15. The predicted octanol–water partition coefficient (Wildman–Crippen LogP) is 1.08. The van der Waals surface area contributed by atoms with Gasteiger partial charge in [0.2, 0.25) is 5.96 Å². The van der Waals surface area contributed by atoms with Gasteiger partial charge in [-0.25, -0.2) is 4.99 Å². The van der Waals surface area contributed by atoms with Crippen LogP contribution < -0.4 is 17.2 Å². The minimum absolute atomic E-state index is 0.105. The smallest absolute Gasteiger partial charge is 0.223 e. The van der Waals surface area contributed by atoms with Gasteiger partial charge >= 0.3 is 0 Å². The van der Waals surface area contributed by atoms with Gasteiger partial charge in [0, 0.05) is 0 Å². The zero-order valence-electron chi connectivity index (χ0n) is 8.48. The molecule has 0 unspecified atom stereocenters. The van der Waals surface area contributed by atoms with Crippen molar-refractivity contribution in [3.8, 4) is 6.07 Å². The first kappa shape index (κ1) is 13.1. The van der Waals surface area contributed by atoms with Crippen LogP contribution in [0.1, 0.15) is 5.56 Å². The number of nitrogens with two attached hydrogens (primary N) is 3. The number of guanidine groups is 2. The number of hydrogen-bond donors (Lipinski definition) is 3. The van der Waals surface area contributed by atoms with Crippen molar-refractivity contribution in [2.24, 2.45) is 27.2 Å². The van der Waals surface area contributed by atoms with E-state index in [-0.39, 0.29) is 33.2 Å². The number of benzene rings is 1. The molecule has 0 aliphatic heterocycles. The Labute approximate surface area is 107 Å². The first-order chi connectivity index (χ1) is 7.95. The van der Waals surface area contributed by atoms with E-state index in [1.54, 1.807) is 0 Å². The second-order valence-corrected chi connectivity index (χ2v) is 3.66. The fraction of sp³-hybridized carbons (Fsp3) is 0. The molecular formula is C9H8Cl2N6. The first-order valence-corrected chi connectivity index (χ1v) is 5.03. The Morgan fingerprint density at radius 3 is 2.41 bits per heavy atom. The number of nitriles is 1. The summed E-state index contributed by atoms with van der Waals surface area (Å²) in [6.07, 6.45) is 0. The minimum atomic E-state index is -0.232. The lowest BCUT2D eigenvalue weighted by Crippen LogP contribution is -2.26. The van der Waals surface area contributed by atoms with Crippen molar-refractivity contribution in [3.05, 3.63) is 27.7 Å². The highest BCUT2D eigenvalue weighted by Crippen LogP contribution is 2.32. The van der Waals surface area contributed by atoms with Gasteiger partial charge in [0.25, 0.3) is 0 Å². The van der Waals surface area contributed by atoms with Gasteiger partial charge in [-0.3, -0.25) is 0 Å². The maximum absolute atomic E-state index is 8.93. The van der Waals surface area contributed by atoms with E-state index < -0.39 is 0 Å². The van der Waals surface area contributed by atoms with Crippen molar-refractivity contribution in [1.29, 1.82) is 5.26 Å². The Bertz CT molecular complexity index is 539. The number of halogens is 2. The molecule has 1 aromatic rings. The van der Waals surface area contributed by atoms with Gasteiger partial charge in [0.05, 0.1) is 21.3 Å². The summed E-state index contributed by atoms with van der Waals surface area (Å²) in [4.78, 5) is 7.37. The van der Waals surface area contributed by atoms with E-state index in [4.69, 9.17) is 45.7 Å². The van der Waals surface area contributed by atoms with Crippen molar-refractivity contribution in [1.82, 2.24) is 0 Å². The van der Waals surface area contributed by atoms with E-state index in [9.17, 15) is 0 Å². The van der Waals surface area contributed by atoms with Crippen LogP contribution in [0.2, 0.25) is 10.0 Å². The van der Waals surface area contributed by atoms with Gasteiger partial charge < -0.3 is 17.2 Å². The van der Waals surface area contributed by atoms with E-state index in [2.05, 4.69) is 9.98 Å². The van der Waals surface area contributed by atoms with Crippen LogP contribution in [0.3, 0.4) is 0 Å². The Morgan fingerprint density at radius 1 is 1.24 bits per heavy atom. The third kappa shape index (κ3) is 3.24. The molecule has 0 aromatic heterocycles. The second-order valence-electron chi connectivity index (χ2n) is 2.87. The summed E-state index contributed by atoms with van der Waals surface area (Å²) in [5.41, 5.74) is 16.0. The zero-order valence-corrected chi connectivity index (χ0v) is 10.00. The maximum atomic E-state index is 8.93. The summed E-state index contributed by atoms with van der Waals surface area (Å²) in [6, 6.07) is 4.85. The van der Waals surface area contributed by atoms with Crippen LogP contribution in [0.15, 0.2) is 22.1 Å². The van der Waals surface area contributed by atoms with E-state index in [0.717, 1.165) is 0 Å². The van der Waals surface area contributed by atoms with Crippen LogP contribution >= 0.6 is 23.2 Å². The first-order valence-electron chi connectivity index (χ1n) is 4.27. The highest BCUT2D eigenvalue weighted by Gasteiger charge is 2.10. The zero-order chi connectivity index (χ0) is 13.0. The molecule has 0 atom stereocenters. The van der Waals surface area contributed by atoms with Crippen LogP contribution in [0.4, 0.5) is 5.69 Å². The Balaban J connectivity index is 3.31. The van der Waals surface area contributed by atoms with Gasteiger partial charge in [-0.15, -0.1) is 0 Å². The van der Waals surface area contributed by atoms with Crippen LogP contribution in [-0.2, 0) is 0 Å². The molecule has 1 rings (SSSR count). The van der Waals surface area contributed by atoms with Gasteiger partial charge in [-0.2, -0.15) is 10.3 Å². The third-order valence-electron chi connectivity index (χ3n) is 1.66. The molecule has 0 saturated carbocycles. The fourth-order valence-electron chi connectivity index (χ4n) is 1.02. The van der Waals surface area contributed by atoms with Crippen LogP contribution in [0, 0.1) is 11.3 Å². The summed E-state index contributed by atoms with van der Waals surface area (Å²) in [5, 5.41) is 9.29. The molecule has 88 valence electrons. The van der Waals surface area contributed by atoms with E-state index in [1.165, 1.54) is 12.1 Å². The van der Waals surface area contributed by atoms with Crippen molar-refractivity contribution in [2.45, 2.75) is 0 Å². The van der Waals surface area contributed by atoms with Crippen LogP contribution in [-0.4, -0.2) is 11.9 Å². The van der Waals surface area contributed by atoms with Gasteiger partial charge in [-0.05, 0) is 12.1 Å². The largest absolute Gasteiger partial charge is 0.370 e. The molecule has 0 heterocycles. The SMILES string of the molecule is N#Cc1c(N=C(N)N=C(N)N)ccc(Cl)c1Cl. The fourth-order valence-corrected chi connectivity index (χ4v) is 1.38. The summed E-state index contributed by atoms with van der Waals surface area (Å²) < 4.78 is 0. The van der Waals surface area contributed by atoms with E-state index in [1.807, 2.05) is 6.07 Å². The van der Waals surface area contributed by atoms with Gasteiger partial charge in [0.1, 0.15) is 6.07 Å². The average molecular weight is 271 g/mol. The van der Waals surface area contributed by atoms with Crippen molar-refractivity contribution in [3.63, 3.8) is 0 Å². The molecule has 0 aliphatic carbocycles. The minimum Gasteiger partial charge on any atom is -0.370 e. The normalized spacial score (nSPS) is 10.8. The lowest BCUT2D eigenvalue weighted by molar-refractivity contribution is 1.36. The van der Waals surface area contributed by atoms with Crippen molar-refractivity contribution < 1.29 is 0 Å². The highest BCUT2D eigenvalue weighted by molar-refractivity contribution is 6.43. The Hall–Kier alpha value is -1.97. The quantitative estimate of drug-likeness (QED) is 0.521. The average Bonchev–Trinajstić information content (AvgIpc) is 2.23. The number of aliphatic imine (C=N–C) groups is 2. The van der Waals surface area contributed by atoms with Gasteiger partial charge in [-0.1, -0.05) is 23.2 Å². The van der Waals surface area contributed by atoms with Crippen molar-refractivity contribution in [2.75, 3.05) is 0 Å². The van der Waals surface area contributed by atoms with E-state index in [0.29, 0.717) is 0 Å². The molecule has 0 amide bonds. The lowest BCUT2D eigenvalue weighted by Gasteiger charge is -2.02. The predicted molar refractivity (Wildman–Crippen MR) is 68.3 cm³/mol. The number of rotatable bonds is 1. The molecule has 8 heteroatoms. The monoisotopic (exact) mass is 270 g/mol.